The monoisotopic (exact) mass is 293 g/mol. The molecule has 0 saturated carbocycles. The SMILES string of the molecule is O=[N+]([O-])c1cccc2c1N[C@H](c1cccnc1)[C@@H]1CC=C[C@H]21. The van der Waals surface area contributed by atoms with Crippen molar-refractivity contribution >= 4 is 11.4 Å². The molecule has 0 unspecified atom stereocenters. The fraction of sp³-hybridized carbons (Fsp3) is 0.235. The first kappa shape index (κ1) is 13.0. The zero-order chi connectivity index (χ0) is 15.1. The summed E-state index contributed by atoms with van der Waals surface area (Å²) in [5.74, 6) is 0.597. The van der Waals surface area contributed by atoms with Crippen molar-refractivity contribution < 1.29 is 4.92 Å². The van der Waals surface area contributed by atoms with E-state index in [1.165, 1.54) is 0 Å². The molecule has 0 amide bonds. The number of hydrogen-bond acceptors (Lipinski definition) is 4. The Bertz CT molecular complexity index is 758. The third-order valence-electron chi connectivity index (χ3n) is 4.61. The van der Waals surface area contributed by atoms with Gasteiger partial charge in [0, 0.05) is 24.4 Å². The van der Waals surface area contributed by atoms with Crippen molar-refractivity contribution in [1.29, 1.82) is 0 Å². The molecule has 1 aromatic heterocycles. The van der Waals surface area contributed by atoms with Crippen LogP contribution in [0.1, 0.15) is 29.5 Å². The minimum atomic E-state index is -0.314. The normalized spacial score (nSPS) is 25.2. The summed E-state index contributed by atoms with van der Waals surface area (Å²) in [7, 11) is 0. The predicted molar refractivity (Wildman–Crippen MR) is 83.7 cm³/mol. The Hall–Kier alpha value is -2.69. The molecule has 1 aliphatic carbocycles. The number of hydrogen-bond donors (Lipinski definition) is 1. The molecule has 0 fully saturated rings. The lowest BCUT2D eigenvalue weighted by molar-refractivity contribution is -0.384. The third-order valence-corrected chi connectivity index (χ3v) is 4.61. The molecule has 1 aromatic carbocycles. The maximum atomic E-state index is 11.3. The minimum Gasteiger partial charge on any atom is -0.372 e. The fourth-order valence-corrected chi connectivity index (χ4v) is 3.65. The van der Waals surface area contributed by atoms with Crippen LogP contribution in [0.2, 0.25) is 0 Å². The van der Waals surface area contributed by atoms with E-state index in [-0.39, 0.29) is 22.6 Å². The highest BCUT2D eigenvalue weighted by atomic mass is 16.6. The molecule has 2 aromatic rings. The van der Waals surface area contributed by atoms with Gasteiger partial charge in [-0.1, -0.05) is 30.4 Å². The molecule has 0 saturated heterocycles. The maximum absolute atomic E-state index is 11.3. The Morgan fingerprint density at radius 1 is 1.27 bits per heavy atom. The number of aromatic nitrogens is 1. The van der Waals surface area contributed by atoms with E-state index in [4.69, 9.17) is 0 Å². The Morgan fingerprint density at radius 3 is 2.95 bits per heavy atom. The van der Waals surface area contributed by atoms with Crippen molar-refractivity contribution in [2.75, 3.05) is 5.32 Å². The van der Waals surface area contributed by atoms with Gasteiger partial charge < -0.3 is 5.32 Å². The van der Waals surface area contributed by atoms with Crippen LogP contribution in [0.4, 0.5) is 11.4 Å². The van der Waals surface area contributed by atoms with Crippen molar-refractivity contribution in [3.63, 3.8) is 0 Å². The van der Waals surface area contributed by atoms with Crippen LogP contribution in [0.15, 0.2) is 54.9 Å². The quantitative estimate of drug-likeness (QED) is 0.519. The highest BCUT2D eigenvalue weighted by molar-refractivity contribution is 5.71. The molecule has 3 atom stereocenters. The number of pyridine rings is 1. The van der Waals surface area contributed by atoms with E-state index in [9.17, 15) is 10.1 Å². The standard InChI is InChI=1S/C17H15N3O2/c21-20(22)15-8-2-7-14-12-5-1-6-13(12)16(19-17(14)15)11-4-3-9-18-10-11/h1-5,7-10,12-13,16,19H,6H2/t12-,13+,16+/m0/s1. The minimum absolute atomic E-state index is 0.0438. The molecular formula is C17H15N3O2. The van der Waals surface area contributed by atoms with Gasteiger partial charge in [-0.05, 0) is 29.5 Å². The number of fused-ring (bicyclic) bond motifs is 3. The Morgan fingerprint density at radius 2 is 2.18 bits per heavy atom. The number of nitro groups is 1. The smallest absolute Gasteiger partial charge is 0.292 e. The summed E-state index contributed by atoms with van der Waals surface area (Å²) in [5, 5.41) is 14.8. The summed E-state index contributed by atoms with van der Waals surface area (Å²) in [4.78, 5) is 15.2. The van der Waals surface area contributed by atoms with Crippen LogP contribution < -0.4 is 5.32 Å². The van der Waals surface area contributed by atoms with Gasteiger partial charge in [0.15, 0.2) is 0 Å². The Balaban J connectivity index is 1.85. The number of nitrogens with zero attached hydrogens (tertiary/aromatic N) is 2. The van der Waals surface area contributed by atoms with Gasteiger partial charge in [-0.3, -0.25) is 15.1 Å². The second-order valence-corrected chi connectivity index (χ2v) is 5.76. The van der Waals surface area contributed by atoms with Crippen molar-refractivity contribution in [3.8, 4) is 0 Å². The first-order chi connectivity index (χ1) is 10.8. The van der Waals surface area contributed by atoms with Crippen molar-refractivity contribution in [1.82, 2.24) is 4.98 Å². The number of benzene rings is 1. The van der Waals surface area contributed by atoms with Gasteiger partial charge in [0.1, 0.15) is 5.69 Å². The molecule has 5 nitrogen and oxygen atoms in total. The molecule has 0 bridgehead atoms. The third kappa shape index (κ3) is 1.89. The molecule has 2 aliphatic rings. The summed E-state index contributed by atoms with van der Waals surface area (Å²) in [5.41, 5.74) is 2.89. The topological polar surface area (TPSA) is 68.1 Å². The van der Waals surface area contributed by atoms with E-state index < -0.39 is 0 Å². The van der Waals surface area contributed by atoms with Gasteiger partial charge >= 0.3 is 0 Å². The largest absolute Gasteiger partial charge is 0.372 e. The Labute approximate surface area is 127 Å². The second kappa shape index (κ2) is 4.94. The Kier molecular flexibility index (Phi) is 2.92. The number of nitro benzene ring substituents is 1. The van der Waals surface area contributed by atoms with Gasteiger partial charge in [-0.2, -0.15) is 0 Å². The molecule has 110 valence electrons. The first-order valence-electron chi connectivity index (χ1n) is 7.36. The van der Waals surface area contributed by atoms with E-state index in [0.717, 1.165) is 17.5 Å². The van der Waals surface area contributed by atoms with Crippen LogP contribution in [0.3, 0.4) is 0 Å². The van der Waals surface area contributed by atoms with Gasteiger partial charge in [-0.25, -0.2) is 0 Å². The predicted octanol–water partition coefficient (Wildman–Crippen LogP) is 3.82. The van der Waals surface area contributed by atoms with Crippen molar-refractivity contribution in [3.05, 3.63) is 76.1 Å². The zero-order valence-corrected chi connectivity index (χ0v) is 11.8. The number of allylic oxidation sites excluding steroid dienone is 2. The van der Waals surface area contributed by atoms with Crippen LogP contribution in [0.5, 0.6) is 0 Å². The lowest BCUT2D eigenvalue weighted by Crippen LogP contribution is -2.29. The van der Waals surface area contributed by atoms with Crippen molar-refractivity contribution in [2.24, 2.45) is 5.92 Å². The lowest BCUT2D eigenvalue weighted by Gasteiger charge is -2.36. The van der Waals surface area contributed by atoms with Crippen LogP contribution in [-0.4, -0.2) is 9.91 Å². The van der Waals surface area contributed by atoms with E-state index in [2.05, 4.69) is 22.5 Å². The fourth-order valence-electron chi connectivity index (χ4n) is 3.65. The number of rotatable bonds is 2. The molecule has 0 spiro atoms. The summed E-state index contributed by atoms with van der Waals surface area (Å²) in [6.07, 6.45) is 8.91. The van der Waals surface area contributed by atoms with E-state index in [1.807, 2.05) is 24.4 Å². The lowest BCUT2D eigenvalue weighted by atomic mass is 9.77. The molecule has 22 heavy (non-hydrogen) atoms. The van der Waals surface area contributed by atoms with E-state index in [1.54, 1.807) is 18.3 Å². The summed E-state index contributed by atoms with van der Waals surface area (Å²) < 4.78 is 0. The summed E-state index contributed by atoms with van der Waals surface area (Å²) >= 11 is 0. The van der Waals surface area contributed by atoms with Crippen molar-refractivity contribution in [2.45, 2.75) is 18.4 Å². The average molecular weight is 293 g/mol. The highest BCUT2D eigenvalue weighted by Crippen LogP contribution is 2.51. The van der Waals surface area contributed by atoms with Crippen LogP contribution in [0.25, 0.3) is 0 Å². The van der Waals surface area contributed by atoms with Crippen LogP contribution in [-0.2, 0) is 0 Å². The van der Waals surface area contributed by atoms with Gasteiger partial charge in [0.25, 0.3) is 5.69 Å². The number of para-hydroxylation sites is 1. The molecule has 0 radical (unpaired) electrons. The highest BCUT2D eigenvalue weighted by Gasteiger charge is 2.40. The molecular weight excluding hydrogens is 278 g/mol. The van der Waals surface area contributed by atoms with Gasteiger partial charge in [0.2, 0.25) is 0 Å². The number of nitrogens with one attached hydrogen (secondary N) is 1. The summed E-state index contributed by atoms with van der Waals surface area (Å²) in [6.45, 7) is 0. The van der Waals surface area contributed by atoms with Gasteiger partial charge in [-0.15, -0.1) is 0 Å². The molecule has 1 N–H and O–H groups in total. The maximum Gasteiger partial charge on any atom is 0.292 e. The molecule has 2 heterocycles. The van der Waals surface area contributed by atoms with Crippen LogP contribution >= 0.6 is 0 Å². The van der Waals surface area contributed by atoms with E-state index in [0.29, 0.717) is 11.6 Å². The first-order valence-corrected chi connectivity index (χ1v) is 7.36. The number of anilines is 1. The van der Waals surface area contributed by atoms with E-state index >= 15 is 0 Å². The molecule has 5 heteroatoms. The summed E-state index contributed by atoms with van der Waals surface area (Å²) in [6, 6.07) is 9.30. The molecule has 4 rings (SSSR count). The second-order valence-electron chi connectivity index (χ2n) is 5.76. The molecule has 1 aliphatic heterocycles. The zero-order valence-electron chi connectivity index (χ0n) is 11.8. The van der Waals surface area contributed by atoms with Crippen LogP contribution in [0, 0.1) is 16.0 Å². The van der Waals surface area contributed by atoms with Gasteiger partial charge in [0.05, 0.1) is 11.0 Å². The average Bonchev–Trinajstić information content (AvgIpc) is 3.04.